The zero-order valence-corrected chi connectivity index (χ0v) is 21.3. The quantitative estimate of drug-likeness (QED) is 0.323. The van der Waals surface area contributed by atoms with E-state index in [9.17, 15) is 9.90 Å². The summed E-state index contributed by atoms with van der Waals surface area (Å²) in [6.45, 7) is 6.26. The summed E-state index contributed by atoms with van der Waals surface area (Å²) in [4.78, 5) is 18.4. The van der Waals surface area contributed by atoms with Crippen molar-refractivity contribution in [2.75, 3.05) is 4.90 Å². The third-order valence-corrected chi connectivity index (χ3v) is 7.18. The largest absolute Gasteiger partial charge is 0.478 e. The van der Waals surface area contributed by atoms with E-state index < -0.39 is 5.97 Å². The molecule has 7 heteroatoms. The molecule has 1 fully saturated rings. The molecule has 2 aromatic carbocycles. The molecule has 5 rings (SSSR count). The minimum Gasteiger partial charge on any atom is -0.478 e. The molecule has 1 aliphatic heterocycles. The van der Waals surface area contributed by atoms with Crippen molar-refractivity contribution in [3.63, 3.8) is 0 Å². The monoisotopic (exact) mass is 496 g/mol. The minimum absolute atomic E-state index is 0.137. The van der Waals surface area contributed by atoms with Gasteiger partial charge in [-0.1, -0.05) is 31.2 Å². The number of carboxylic acid groups (broad SMARTS) is 1. The predicted octanol–water partition coefficient (Wildman–Crippen LogP) is 5.93. The van der Waals surface area contributed by atoms with Crippen molar-refractivity contribution < 1.29 is 9.90 Å². The van der Waals surface area contributed by atoms with Gasteiger partial charge in [-0.25, -0.2) is 4.79 Å². The predicted molar refractivity (Wildman–Crippen MR) is 146 cm³/mol. The lowest BCUT2D eigenvalue weighted by atomic mass is 9.96. The molecule has 36 heavy (non-hydrogen) atoms. The Balaban J connectivity index is 1.66. The molecule has 0 unspecified atom stereocenters. The number of aromatic carboxylic acids is 1. The fraction of sp³-hybridized carbons (Fsp3) is 0.207. The summed E-state index contributed by atoms with van der Waals surface area (Å²) in [5.74, 6) is -0.943. The van der Waals surface area contributed by atoms with Crippen molar-refractivity contribution in [1.29, 1.82) is 0 Å². The highest BCUT2D eigenvalue weighted by Gasteiger charge is 2.42. The number of carbonyl (C=O) groups is 1. The van der Waals surface area contributed by atoms with Gasteiger partial charge in [0, 0.05) is 29.0 Å². The van der Waals surface area contributed by atoms with Crippen molar-refractivity contribution in [2.24, 2.45) is 0 Å². The van der Waals surface area contributed by atoms with Crippen molar-refractivity contribution in [1.82, 2.24) is 14.9 Å². The van der Waals surface area contributed by atoms with Gasteiger partial charge >= 0.3 is 5.97 Å². The number of aryl methyl sites for hydroxylation is 2. The number of nitrogens with zero attached hydrogens (tertiary/aromatic N) is 3. The summed E-state index contributed by atoms with van der Waals surface area (Å²) in [7, 11) is 0. The first-order chi connectivity index (χ1) is 17.4. The topological polar surface area (TPSA) is 70.4 Å². The van der Waals surface area contributed by atoms with E-state index in [4.69, 9.17) is 12.2 Å². The van der Waals surface area contributed by atoms with Crippen molar-refractivity contribution in [3.8, 4) is 5.69 Å². The molecule has 3 heterocycles. The Kier molecular flexibility index (Phi) is 6.33. The van der Waals surface area contributed by atoms with Gasteiger partial charge in [0.15, 0.2) is 5.11 Å². The lowest BCUT2D eigenvalue weighted by Gasteiger charge is -2.28. The first kappa shape index (κ1) is 23.8. The smallest absolute Gasteiger partial charge is 0.335 e. The van der Waals surface area contributed by atoms with Crippen LogP contribution in [0.15, 0.2) is 79.0 Å². The van der Waals surface area contributed by atoms with Crippen LogP contribution in [-0.4, -0.2) is 25.7 Å². The van der Waals surface area contributed by atoms with Crippen LogP contribution >= 0.6 is 12.2 Å². The lowest BCUT2D eigenvalue weighted by Crippen LogP contribution is -2.29. The zero-order chi connectivity index (χ0) is 25.4. The Labute approximate surface area is 216 Å². The second-order valence-electron chi connectivity index (χ2n) is 9.03. The van der Waals surface area contributed by atoms with Crippen LogP contribution in [0.1, 0.15) is 57.6 Å². The average Bonchev–Trinajstić information content (AvgIpc) is 3.39. The number of anilines is 1. The molecule has 0 saturated carbocycles. The molecule has 2 atom stereocenters. The standard InChI is InChI=1S/C29H28N4O2S/c1-4-20-11-13-22(14-12-20)33-27(26(31-29(33)36)25-10-5-6-15-30-25)24-16-18(2)32(19(24)3)23-9-7-8-21(17-23)28(34)35/h5-17,26-27H,4H2,1-3H3,(H,31,36)(H,34,35)/t26-,27+/m1/s1. The highest BCUT2D eigenvalue weighted by atomic mass is 32.1. The van der Waals surface area contributed by atoms with Gasteiger partial charge in [-0.05, 0) is 92.1 Å². The number of pyridine rings is 1. The van der Waals surface area contributed by atoms with Crippen LogP contribution in [0.3, 0.4) is 0 Å². The molecule has 4 aromatic rings. The second kappa shape index (κ2) is 9.59. The fourth-order valence-corrected chi connectivity index (χ4v) is 5.45. The van der Waals surface area contributed by atoms with Crippen LogP contribution in [0.4, 0.5) is 5.69 Å². The highest BCUT2D eigenvalue weighted by Crippen LogP contribution is 2.43. The van der Waals surface area contributed by atoms with Crippen LogP contribution < -0.4 is 10.2 Å². The SMILES string of the molecule is CCc1ccc(N2C(=S)N[C@H](c3ccccn3)[C@@H]2c2cc(C)n(-c3cccc(C(=O)O)c3)c2C)cc1. The Bertz CT molecular complexity index is 1430. The first-order valence-corrected chi connectivity index (χ1v) is 12.4. The van der Waals surface area contributed by atoms with E-state index >= 15 is 0 Å². The highest BCUT2D eigenvalue weighted by molar-refractivity contribution is 7.80. The summed E-state index contributed by atoms with van der Waals surface area (Å²) >= 11 is 5.87. The van der Waals surface area contributed by atoms with Gasteiger partial charge in [-0.2, -0.15) is 0 Å². The molecule has 1 aliphatic rings. The summed E-state index contributed by atoms with van der Waals surface area (Å²) in [5.41, 5.74) is 7.43. The minimum atomic E-state index is -0.943. The number of hydrogen-bond acceptors (Lipinski definition) is 3. The van der Waals surface area contributed by atoms with Crippen LogP contribution in [0.25, 0.3) is 5.69 Å². The van der Waals surface area contributed by atoms with E-state index in [-0.39, 0.29) is 17.6 Å². The molecule has 2 aromatic heterocycles. The van der Waals surface area contributed by atoms with Gasteiger partial charge in [0.1, 0.15) is 0 Å². The molecule has 0 aliphatic carbocycles. The van der Waals surface area contributed by atoms with E-state index in [1.165, 1.54) is 5.56 Å². The normalized spacial score (nSPS) is 17.3. The lowest BCUT2D eigenvalue weighted by molar-refractivity contribution is 0.0697. The molecule has 2 N–H and O–H groups in total. The third kappa shape index (κ3) is 4.16. The third-order valence-electron chi connectivity index (χ3n) is 6.86. The summed E-state index contributed by atoms with van der Waals surface area (Å²) in [5, 5.41) is 13.7. The van der Waals surface area contributed by atoms with Crippen LogP contribution in [-0.2, 0) is 6.42 Å². The van der Waals surface area contributed by atoms with E-state index in [1.807, 2.05) is 31.2 Å². The fourth-order valence-electron chi connectivity index (χ4n) is 5.10. The van der Waals surface area contributed by atoms with E-state index in [2.05, 4.69) is 63.9 Å². The number of thiocarbonyl (C=S) groups is 1. The number of nitrogens with one attached hydrogen (secondary N) is 1. The van der Waals surface area contributed by atoms with Gasteiger partial charge in [0.05, 0.1) is 23.3 Å². The molecule has 0 amide bonds. The van der Waals surface area contributed by atoms with Crippen molar-refractivity contribution in [3.05, 3.63) is 113 Å². The van der Waals surface area contributed by atoms with Crippen molar-refractivity contribution in [2.45, 2.75) is 39.3 Å². The molecule has 182 valence electrons. The molecule has 0 radical (unpaired) electrons. The molecular weight excluding hydrogens is 468 g/mol. The van der Waals surface area contributed by atoms with Gasteiger partial charge in [0.2, 0.25) is 0 Å². The van der Waals surface area contributed by atoms with Crippen LogP contribution in [0.5, 0.6) is 0 Å². The van der Waals surface area contributed by atoms with E-state index in [1.54, 1.807) is 24.4 Å². The maximum atomic E-state index is 11.6. The van der Waals surface area contributed by atoms with E-state index in [0.29, 0.717) is 5.11 Å². The number of hydrogen-bond donors (Lipinski definition) is 2. The van der Waals surface area contributed by atoms with Crippen molar-refractivity contribution >= 4 is 29.0 Å². The number of benzene rings is 2. The summed E-state index contributed by atoms with van der Waals surface area (Å²) in [6.07, 6.45) is 2.77. The Morgan fingerprint density at radius 3 is 2.47 bits per heavy atom. The molecule has 0 spiro atoms. The van der Waals surface area contributed by atoms with Crippen LogP contribution in [0.2, 0.25) is 0 Å². The Morgan fingerprint density at radius 1 is 1.03 bits per heavy atom. The molecular formula is C29H28N4O2S. The Hall–Kier alpha value is -3.97. The number of carboxylic acids is 1. The van der Waals surface area contributed by atoms with Gasteiger partial charge in [0.25, 0.3) is 0 Å². The van der Waals surface area contributed by atoms with Gasteiger partial charge in [-0.15, -0.1) is 0 Å². The molecule has 0 bridgehead atoms. The van der Waals surface area contributed by atoms with Gasteiger partial charge < -0.3 is 19.9 Å². The molecule has 1 saturated heterocycles. The second-order valence-corrected chi connectivity index (χ2v) is 9.42. The molecule has 6 nitrogen and oxygen atoms in total. The first-order valence-electron chi connectivity index (χ1n) is 12.0. The maximum Gasteiger partial charge on any atom is 0.335 e. The average molecular weight is 497 g/mol. The number of aromatic nitrogens is 2. The maximum absolute atomic E-state index is 11.6. The summed E-state index contributed by atoms with van der Waals surface area (Å²) in [6, 6.07) is 23.4. The Morgan fingerprint density at radius 2 is 1.81 bits per heavy atom. The number of rotatable bonds is 6. The van der Waals surface area contributed by atoms with E-state index in [0.717, 1.165) is 40.4 Å². The zero-order valence-electron chi connectivity index (χ0n) is 20.5. The van der Waals surface area contributed by atoms with Gasteiger partial charge in [-0.3, -0.25) is 4.98 Å². The van der Waals surface area contributed by atoms with Crippen LogP contribution in [0, 0.1) is 13.8 Å². The summed E-state index contributed by atoms with van der Waals surface area (Å²) < 4.78 is 2.11.